The second kappa shape index (κ2) is 7.39. The minimum absolute atomic E-state index is 0.00527. The molecular formula is C17H20ClFN6. The summed E-state index contributed by atoms with van der Waals surface area (Å²) < 4.78 is 16.2. The monoisotopic (exact) mass is 362 g/mol. The van der Waals surface area contributed by atoms with Crippen LogP contribution in [-0.4, -0.2) is 29.5 Å². The molecule has 0 aliphatic heterocycles. The van der Waals surface area contributed by atoms with Crippen molar-refractivity contribution >= 4 is 22.8 Å². The molecule has 0 aromatic carbocycles. The van der Waals surface area contributed by atoms with Crippen molar-refractivity contribution in [2.75, 3.05) is 0 Å². The molecule has 3 aromatic heterocycles. The van der Waals surface area contributed by atoms with Crippen LogP contribution in [0.5, 0.6) is 0 Å². The molecule has 25 heavy (non-hydrogen) atoms. The van der Waals surface area contributed by atoms with Crippen molar-refractivity contribution < 1.29 is 4.39 Å². The largest absolute Gasteiger partial charge is 0.312 e. The molecule has 0 unspecified atom stereocenters. The standard InChI is InChI=1S/C17H20ClFN6/c1-4-5-6-7-25-15(10(2)3)22-12-9-20-14(24-16(12)25)13-11(19)8-21-17(18)23-13/h8-10H,4-7H2,1-3H3. The number of hydrogen-bond donors (Lipinski definition) is 0. The Balaban J connectivity index is 2.12. The highest BCUT2D eigenvalue weighted by molar-refractivity contribution is 6.28. The Hall–Kier alpha value is -2.15. The third-order valence-corrected chi connectivity index (χ3v) is 4.13. The summed E-state index contributed by atoms with van der Waals surface area (Å²) in [6, 6.07) is 0. The van der Waals surface area contributed by atoms with E-state index in [9.17, 15) is 4.39 Å². The molecule has 0 bridgehead atoms. The summed E-state index contributed by atoms with van der Waals surface area (Å²) in [7, 11) is 0. The summed E-state index contributed by atoms with van der Waals surface area (Å²) in [5.74, 6) is 0.786. The summed E-state index contributed by atoms with van der Waals surface area (Å²) in [6.45, 7) is 7.17. The lowest BCUT2D eigenvalue weighted by Crippen LogP contribution is -2.07. The number of aryl methyl sites for hydroxylation is 1. The summed E-state index contributed by atoms with van der Waals surface area (Å²) in [5, 5.41) is -0.0422. The van der Waals surface area contributed by atoms with Gasteiger partial charge in [-0.3, -0.25) is 0 Å². The quantitative estimate of drug-likeness (QED) is 0.480. The van der Waals surface area contributed by atoms with Crippen molar-refractivity contribution in [3.63, 3.8) is 0 Å². The summed E-state index contributed by atoms with van der Waals surface area (Å²) in [4.78, 5) is 20.9. The molecule has 6 nitrogen and oxygen atoms in total. The Labute approximate surface area is 150 Å². The molecule has 0 aliphatic carbocycles. The van der Waals surface area contributed by atoms with E-state index in [-0.39, 0.29) is 22.7 Å². The van der Waals surface area contributed by atoms with E-state index >= 15 is 0 Å². The summed E-state index contributed by atoms with van der Waals surface area (Å²) >= 11 is 5.78. The zero-order valence-electron chi connectivity index (χ0n) is 14.5. The van der Waals surface area contributed by atoms with Gasteiger partial charge in [0, 0.05) is 12.5 Å². The lowest BCUT2D eigenvalue weighted by Gasteiger charge is -2.10. The van der Waals surface area contributed by atoms with Crippen LogP contribution in [0.4, 0.5) is 4.39 Å². The van der Waals surface area contributed by atoms with Crippen LogP contribution in [0.25, 0.3) is 22.7 Å². The van der Waals surface area contributed by atoms with E-state index in [2.05, 4.69) is 50.3 Å². The highest BCUT2D eigenvalue weighted by Gasteiger charge is 2.18. The van der Waals surface area contributed by atoms with Gasteiger partial charge in [0.15, 0.2) is 17.3 Å². The van der Waals surface area contributed by atoms with Crippen molar-refractivity contribution in [2.24, 2.45) is 0 Å². The molecule has 8 heteroatoms. The molecule has 0 spiro atoms. The number of rotatable bonds is 6. The number of nitrogens with zero attached hydrogens (tertiary/aromatic N) is 6. The van der Waals surface area contributed by atoms with Gasteiger partial charge in [-0.2, -0.15) is 0 Å². The number of aromatic nitrogens is 6. The van der Waals surface area contributed by atoms with Crippen LogP contribution in [0.1, 0.15) is 51.8 Å². The maximum atomic E-state index is 14.1. The Morgan fingerprint density at radius 3 is 2.64 bits per heavy atom. The second-order valence-corrected chi connectivity index (χ2v) is 6.56. The fourth-order valence-electron chi connectivity index (χ4n) is 2.73. The normalized spacial score (nSPS) is 11.6. The van der Waals surface area contributed by atoms with E-state index in [0.29, 0.717) is 11.2 Å². The van der Waals surface area contributed by atoms with Crippen LogP contribution < -0.4 is 0 Å². The zero-order chi connectivity index (χ0) is 18.0. The maximum absolute atomic E-state index is 14.1. The van der Waals surface area contributed by atoms with Gasteiger partial charge >= 0.3 is 0 Å². The average Bonchev–Trinajstić information content (AvgIpc) is 2.95. The third kappa shape index (κ3) is 3.61. The molecule has 0 saturated carbocycles. The highest BCUT2D eigenvalue weighted by atomic mass is 35.5. The molecule has 0 saturated heterocycles. The van der Waals surface area contributed by atoms with Gasteiger partial charge in [-0.25, -0.2) is 29.3 Å². The van der Waals surface area contributed by atoms with Gasteiger partial charge in [-0.1, -0.05) is 33.6 Å². The Kier molecular flexibility index (Phi) is 5.22. The molecule has 0 atom stereocenters. The third-order valence-electron chi connectivity index (χ3n) is 3.95. The first kappa shape index (κ1) is 17.7. The van der Waals surface area contributed by atoms with E-state index in [1.807, 2.05) is 0 Å². The van der Waals surface area contributed by atoms with E-state index in [0.717, 1.165) is 37.8 Å². The average molecular weight is 363 g/mol. The maximum Gasteiger partial charge on any atom is 0.223 e. The van der Waals surface area contributed by atoms with Crippen LogP contribution in [0.3, 0.4) is 0 Å². The molecule has 3 aromatic rings. The molecule has 0 radical (unpaired) electrons. The van der Waals surface area contributed by atoms with Gasteiger partial charge in [-0.15, -0.1) is 0 Å². The van der Waals surface area contributed by atoms with Gasteiger partial charge in [0.1, 0.15) is 17.0 Å². The Bertz CT molecular complexity index is 892. The van der Waals surface area contributed by atoms with Gasteiger partial charge in [0.25, 0.3) is 0 Å². The first-order valence-corrected chi connectivity index (χ1v) is 8.80. The summed E-state index contributed by atoms with van der Waals surface area (Å²) in [5.41, 5.74) is 1.39. The number of imidazole rings is 1. The SMILES string of the molecule is CCCCCn1c(C(C)C)nc2cnc(-c3nc(Cl)ncc3F)nc21. The topological polar surface area (TPSA) is 69.4 Å². The van der Waals surface area contributed by atoms with Crippen LogP contribution in [0, 0.1) is 5.82 Å². The van der Waals surface area contributed by atoms with Crippen LogP contribution >= 0.6 is 11.6 Å². The van der Waals surface area contributed by atoms with E-state index in [4.69, 9.17) is 11.6 Å². The molecule has 3 rings (SSSR count). The van der Waals surface area contributed by atoms with E-state index in [1.54, 1.807) is 6.20 Å². The van der Waals surface area contributed by atoms with E-state index in [1.165, 1.54) is 0 Å². The van der Waals surface area contributed by atoms with E-state index < -0.39 is 5.82 Å². The van der Waals surface area contributed by atoms with Crippen LogP contribution in [-0.2, 0) is 6.54 Å². The summed E-state index contributed by atoms with van der Waals surface area (Å²) in [6.07, 6.45) is 5.93. The molecular weight excluding hydrogens is 343 g/mol. The van der Waals surface area contributed by atoms with Crippen molar-refractivity contribution in [3.8, 4) is 11.5 Å². The van der Waals surface area contributed by atoms with Crippen molar-refractivity contribution in [1.82, 2.24) is 29.5 Å². The molecule has 0 fully saturated rings. The molecule has 3 heterocycles. The lowest BCUT2D eigenvalue weighted by atomic mass is 10.2. The Morgan fingerprint density at radius 1 is 1.12 bits per heavy atom. The number of hydrogen-bond acceptors (Lipinski definition) is 5. The van der Waals surface area contributed by atoms with Crippen molar-refractivity contribution in [3.05, 3.63) is 29.3 Å². The van der Waals surface area contributed by atoms with Gasteiger partial charge in [0.05, 0.1) is 12.4 Å². The number of fused-ring (bicyclic) bond motifs is 1. The molecule has 0 N–H and O–H groups in total. The van der Waals surface area contributed by atoms with Gasteiger partial charge < -0.3 is 4.57 Å². The Morgan fingerprint density at radius 2 is 1.92 bits per heavy atom. The second-order valence-electron chi connectivity index (χ2n) is 6.22. The first-order valence-electron chi connectivity index (χ1n) is 8.42. The van der Waals surface area contributed by atoms with Crippen molar-refractivity contribution in [1.29, 1.82) is 0 Å². The van der Waals surface area contributed by atoms with Crippen molar-refractivity contribution in [2.45, 2.75) is 52.5 Å². The molecule has 0 aliphatic rings. The predicted molar refractivity (Wildman–Crippen MR) is 94.9 cm³/mol. The van der Waals surface area contributed by atoms with Gasteiger partial charge in [-0.05, 0) is 18.0 Å². The zero-order valence-corrected chi connectivity index (χ0v) is 15.3. The van der Waals surface area contributed by atoms with Crippen LogP contribution in [0.2, 0.25) is 5.28 Å². The lowest BCUT2D eigenvalue weighted by molar-refractivity contribution is 0.573. The first-order chi connectivity index (χ1) is 12.0. The smallest absolute Gasteiger partial charge is 0.223 e. The fourth-order valence-corrected chi connectivity index (χ4v) is 2.87. The fraction of sp³-hybridized carbons (Fsp3) is 0.471. The highest BCUT2D eigenvalue weighted by Crippen LogP contribution is 2.24. The minimum Gasteiger partial charge on any atom is -0.312 e. The predicted octanol–water partition coefficient (Wildman–Crippen LogP) is 4.39. The number of halogens is 2. The van der Waals surface area contributed by atoms with Gasteiger partial charge in [0.2, 0.25) is 5.28 Å². The number of unbranched alkanes of at least 4 members (excludes halogenated alkanes) is 2. The minimum atomic E-state index is -0.607. The molecule has 0 amide bonds. The van der Waals surface area contributed by atoms with Crippen LogP contribution in [0.15, 0.2) is 12.4 Å². The molecule has 132 valence electrons.